The minimum Gasteiger partial charge on any atom is -0.454 e. The van der Waals surface area contributed by atoms with Crippen molar-refractivity contribution >= 4 is 11.9 Å². The number of nitrogens with zero attached hydrogens (tertiary/aromatic N) is 1. The molecule has 1 saturated heterocycles. The quantitative estimate of drug-likeness (QED) is 0.873. The molecule has 0 bridgehead atoms. The van der Waals surface area contributed by atoms with Crippen LogP contribution in [0, 0.1) is 0 Å². The molecule has 0 saturated carbocycles. The molecule has 0 radical (unpaired) electrons. The number of aryl methyl sites for hydroxylation is 1. The number of fused-ring (bicyclic) bond motifs is 1. The van der Waals surface area contributed by atoms with Gasteiger partial charge in [0, 0.05) is 6.54 Å². The zero-order valence-electron chi connectivity index (χ0n) is 12.2. The number of carbonyl (C=O) groups is 1. The van der Waals surface area contributed by atoms with Crippen LogP contribution in [-0.2, 0) is 11.2 Å². The number of amides is 1. The van der Waals surface area contributed by atoms with E-state index in [1.165, 1.54) is 0 Å². The Hall–Kier alpha value is -2.24. The summed E-state index contributed by atoms with van der Waals surface area (Å²) in [5.41, 5.74) is 0.501. The molecule has 2 aliphatic rings. The van der Waals surface area contributed by atoms with Crippen LogP contribution in [0.1, 0.15) is 25.8 Å². The summed E-state index contributed by atoms with van der Waals surface area (Å²) in [5, 5.41) is 5.95. The number of guanidine groups is 1. The number of carbonyl (C=O) groups excluding carboxylic acids is 1. The van der Waals surface area contributed by atoms with Crippen molar-refractivity contribution in [2.24, 2.45) is 4.99 Å². The highest BCUT2D eigenvalue weighted by Gasteiger charge is 2.40. The second kappa shape index (κ2) is 5.27. The number of aliphatic imine (C=N–C) groups is 1. The summed E-state index contributed by atoms with van der Waals surface area (Å²) in [7, 11) is 0. The van der Waals surface area contributed by atoms with Gasteiger partial charge in [-0.1, -0.05) is 6.07 Å². The monoisotopic (exact) mass is 289 g/mol. The topological polar surface area (TPSA) is 72.0 Å². The molecule has 2 N–H and O–H groups in total. The van der Waals surface area contributed by atoms with Gasteiger partial charge in [0.1, 0.15) is 5.54 Å². The highest BCUT2D eigenvalue weighted by molar-refractivity contribution is 6.08. The van der Waals surface area contributed by atoms with Crippen LogP contribution >= 0.6 is 0 Å². The molecule has 1 unspecified atom stereocenters. The molecule has 0 aliphatic carbocycles. The van der Waals surface area contributed by atoms with Crippen LogP contribution < -0.4 is 20.1 Å². The standard InChI is InChI=1S/C15H19N3O3/c1-3-16-14-17-13(19)15(2,18-14)7-6-10-4-5-11-12(8-10)21-9-20-11/h4-5,8H,3,6-7,9H2,1-2H3,(H2,16,17,18,19). The van der Waals surface area contributed by atoms with E-state index in [-0.39, 0.29) is 12.7 Å². The number of rotatable bonds is 4. The van der Waals surface area contributed by atoms with Crippen molar-refractivity contribution in [3.63, 3.8) is 0 Å². The molecule has 2 heterocycles. The van der Waals surface area contributed by atoms with Gasteiger partial charge in [0.05, 0.1) is 0 Å². The predicted molar refractivity (Wildman–Crippen MR) is 78.5 cm³/mol. The Morgan fingerprint density at radius 3 is 2.95 bits per heavy atom. The summed E-state index contributed by atoms with van der Waals surface area (Å²) >= 11 is 0. The molecule has 2 aliphatic heterocycles. The van der Waals surface area contributed by atoms with Crippen LogP contribution in [0.15, 0.2) is 23.2 Å². The molecule has 1 aromatic carbocycles. The van der Waals surface area contributed by atoms with Gasteiger partial charge in [-0.05, 0) is 44.4 Å². The summed E-state index contributed by atoms with van der Waals surface area (Å²) in [4.78, 5) is 16.3. The first-order chi connectivity index (χ1) is 10.1. The number of hydrogen-bond donors (Lipinski definition) is 2. The first-order valence-corrected chi connectivity index (χ1v) is 7.13. The van der Waals surface area contributed by atoms with Crippen molar-refractivity contribution in [3.05, 3.63) is 23.8 Å². The maximum Gasteiger partial charge on any atom is 0.252 e. The maximum atomic E-state index is 12.1. The van der Waals surface area contributed by atoms with Crippen LogP contribution in [0.4, 0.5) is 0 Å². The normalized spacial score (nSPS) is 25.0. The van der Waals surface area contributed by atoms with Gasteiger partial charge in [0.15, 0.2) is 17.5 Å². The van der Waals surface area contributed by atoms with Gasteiger partial charge in [-0.25, -0.2) is 0 Å². The molecular weight excluding hydrogens is 270 g/mol. The fourth-order valence-corrected chi connectivity index (χ4v) is 2.50. The summed E-state index contributed by atoms with van der Waals surface area (Å²) < 4.78 is 10.7. The Labute approximate surface area is 123 Å². The van der Waals surface area contributed by atoms with Crippen molar-refractivity contribution in [2.45, 2.75) is 32.2 Å². The lowest BCUT2D eigenvalue weighted by Gasteiger charge is -2.21. The lowest BCUT2D eigenvalue weighted by atomic mass is 9.93. The highest BCUT2D eigenvalue weighted by atomic mass is 16.7. The van der Waals surface area contributed by atoms with Crippen LogP contribution in [0.2, 0.25) is 0 Å². The molecule has 6 nitrogen and oxygen atoms in total. The lowest BCUT2D eigenvalue weighted by molar-refractivity contribution is -0.123. The Morgan fingerprint density at radius 1 is 1.33 bits per heavy atom. The van der Waals surface area contributed by atoms with Gasteiger partial charge in [-0.2, -0.15) is 0 Å². The Balaban J connectivity index is 1.67. The maximum absolute atomic E-state index is 12.1. The van der Waals surface area contributed by atoms with Crippen LogP contribution in [0.5, 0.6) is 11.5 Å². The molecule has 1 aromatic rings. The van der Waals surface area contributed by atoms with Gasteiger partial charge in [-0.15, -0.1) is 0 Å². The third kappa shape index (κ3) is 2.66. The zero-order chi connectivity index (χ0) is 14.9. The second-order valence-corrected chi connectivity index (χ2v) is 5.42. The second-order valence-electron chi connectivity index (χ2n) is 5.42. The SMILES string of the molecule is CCN=C1NC(=O)C(C)(CCc2ccc3c(c2)OCO3)N1. The van der Waals surface area contributed by atoms with E-state index in [4.69, 9.17) is 9.47 Å². The van der Waals surface area contributed by atoms with Gasteiger partial charge in [0.25, 0.3) is 5.91 Å². The van der Waals surface area contributed by atoms with E-state index in [0.29, 0.717) is 18.9 Å². The molecule has 0 aromatic heterocycles. The van der Waals surface area contributed by atoms with Gasteiger partial charge < -0.3 is 14.8 Å². The van der Waals surface area contributed by atoms with Gasteiger partial charge in [0.2, 0.25) is 6.79 Å². The van der Waals surface area contributed by atoms with Crippen molar-refractivity contribution in [1.82, 2.24) is 10.6 Å². The molecule has 1 atom stereocenters. The number of benzene rings is 1. The average molecular weight is 289 g/mol. The summed E-state index contributed by atoms with van der Waals surface area (Å²) in [6, 6.07) is 5.89. The summed E-state index contributed by atoms with van der Waals surface area (Å²) in [5.74, 6) is 2.08. The minimum atomic E-state index is -0.621. The molecule has 1 fully saturated rings. The van der Waals surface area contributed by atoms with E-state index in [1.807, 2.05) is 32.0 Å². The van der Waals surface area contributed by atoms with E-state index in [9.17, 15) is 4.79 Å². The number of hydrogen-bond acceptors (Lipinski definition) is 4. The summed E-state index contributed by atoms with van der Waals surface area (Å²) in [6.07, 6.45) is 1.45. The van der Waals surface area contributed by atoms with E-state index < -0.39 is 5.54 Å². The minimum absolute atomic E-state index is 0.0320. The molecule has 112 valence electrons. The Morgan fingerprint density at radius 2 is 2.14 bits per heavy atom. The van der Waals surface area contributed by atoms with Crippen molar-refractivity contribution < 1.29 is 14.3 Å². The zero-order valence-corrected chi connectivity index (χ0v) is 12.2. The first-order valence-electron chi connectivity index (χ1n) is 7.13. The van der Waals surface area contributed by atoms with Gasteiger partial charge >= 0.3 is 0 Å². The fourth-order valence-electron chi connectivity index (χ4n) is 2.50. The molecule has 21 heavy (non-hydrogen) atoms. The van der Waals surface area contributed by atoms with E-state index >= 15 is 0 Å². The molecule has 0 spiro atoms. The highest BCUT2D eigenvalue weighted by Crippen LogP contribution is 2.33. The van der Waals surface area contributed by atoms with Crippen molar-refractivity contribution in [1.29, 1.82) is 0 Å². The van der Waals surface area contributed by atoms with Crippen molar-refractivity contribution in [3.8, 4) is 11.5 Å². The molecule has 3 rings (SSSR count). The molecular formula is C15H19N3O3. The largest absolute Gasteiger partial charge is 0.454 e. The fraction of sp³-hybridized carbons (Fsp3) is 0.467. The molecule has 6 heteroatoms. The third-order valence-corrected chi connectivity index (χ3v) is 3.79. The number of nitrogens with one attached hydrogen (secondary N) is 2. The van der Waals surface area contributed by atoms with Crippen LogP contribution in [0.3, 0.4) is 0 Å². The van der Waals surface area contributed by atoms with Crippen molar-refractivity contribution in [2.75, 3.05) is 13.3 Å². The van der Waals surface area contributed by atoms with E-state index in [2.05, 4.69) is 15.6 Å². The average Bonchev–Trinajstić information content (AvgIpc) is 3.02. The van der Waals surface area contributed by atoms with E-state index in [1.54, 1.807) is 0 Å². The Bertz CT molecular complexity index is 600. The lowest BCUT2D eigenvalue weighted by Crippen LogP contribution is -2.44. The van der Waals surface area contributed by atoms with E-state index in [0.717, 1.165) is 23.5 Å². The number of ether oxygens (including phenoxy) is 2. The molecule has 1 amide bonds. The third-order valence-electron chi connectivity index (χ3n) is 3.79. The first kappa shape index (κ1) is 13.7. The van der Waals surface area contributed by atoms with Crippen LogP contribution in [0.25, 0.3) is 0 Å². The van der Waals surface area contributed by atoms with Crippen LogP contribution in [-0.4, -0.2) is 30.7 Å². The summed E-state index contributed by atoms with van der Waals surface area (Å²) in [6.45, 7) is 4.74. The van der Waals surface area contributed by atoms with Gasteiger partial charge in [-0.3, -0.25) is 15.1 Å². The predicted octanol–water partition coefficient (Wildman–Crippen LogP) is 1.20. The Kier molecular flexibility index (Phi) is 3.45. The smallest absolute Gasteiger partial charge is 0.252 e.